The van der Waals surface area contributed by atoms with Gasteiger partial charge in [-0.05, 0) is 18.3 Å². The zero-order chi connectivity index (χ0) is 11.9. The summed E-state index contributed by atoms with van der Waals surface area (Å²) in [6, 6.07) is 0.0276. The van der Waals surface area contributed by atoms with Crippen LogP contribution >= 0.6 is 0 Å². The Morgan fingerprint density at radius 1 is 1.53 bits per heavy atom. The molecule has 0 spiro atoms. The third-order valence-electron chi connectivity index (χ3n) is 2.37. The fourth-order valence-electron chi connectivity index (χ4n) is 1.35. The lowest BCUT2D eigenvalue weighted by Crippen LogP contribution is -2.44. The van der Waals surface area contributed by atoms with E-state index in [9.17, 15) is 4.79 Å². The summed E-state index contributed by atoms with van der Waals surface area (Å²) >= 11 is 0. The van der Waals surface area contributed by atoms with Gasteiger partial charge in [0, 0.05) is 19.1 Å². The zero-order valence-electron chi connectivity index (χ0n) is 10.0. The molecule has 0 aliphatic carbocycles. The second-order valence-electron chi connectivity index (χ2n) is 4.83. The van der Waals surface area contributed by atoms with Gasteiger partial charge in [-0.3, -0.25) is 4.79 Å². The van der Waals surface area contributed by atoms with Gasteiger partial charge in [0.15, 0.2) is 0 Å². The van der Waals surface area contributed by atoms with Gasteiger partial charge in [0.2, 0.25) is 5.91 Å². The van der Waals surface area contributed by atoms with Crippen molar-refractivity contribution in [2.75, 3.05) is 6.61 Å². The number of carbonyl (C=O) groups is 1. The lowest BCUT2D eigenvalue weighted by Gasteiger charge is -2.31. The molecule has 0 rings (SSSR count). The van der Waals surface area contributed by atoms with Crippen molar-refractivity contribution < 1.29 is 9.90 Å². The first-order valence-electron chi connectivity index (χ1n) is 5.43. The SMILES string of the molecule is C=CCCC(=O)NC(CCO)C(C)(C)C. The highest BCUT2D eigenvalue weighted by atomic mass is 16.3. The Bertz CT molecular complexity index is 206. The zero-order valence-corrected chi connectivity index (χ0v) is 10.0. The molecule has 0 aliphatic heterocycles. The van der Waals surface area contributed by atoms with Crippen LogP contribution < -0.4 is 5.32 Å². The van der Waals surface area contributed by atoms with E-state index in [4.69, 9.17) is 5.11 Å². The molecule has 1 unspecified atom stereocenters. The maximum Gasteiger partial charge on any atom is 0.220 e. The summed E-state index contributed by atoms with van der Waals surface area (Å²) in [4.78, 5) is 11.5. The van der Waals surface area contributed by atoms with Crippen molar-refractivity contribution in [1.29, 1.82) is 0 Å². The molecular weight excluding hydrogens is 190 g/mol. The normalized spacial score (nSPS) is 13.3. The summed E-state index contributed by atoms with van der Waals surface area (Å²) in [7, 11) is 0. The molecule has 0 aromatic carbocycles. The van der Waals surface area contributed by atoms with E-state index >= 15 is 0 Å². The van der Waals surface area contributed by atoms with E-state index in [1.54, 1.807) is 6.08 Å². The molecular formula is C12H23NO2. The highest BCUT2D eigenvalue weighted by Gasteiger charge is 2.25. The third-order valence-corrected chi connectivity index (χ3v) is 2.37. The van der Waals surface area contributed by atoms with Gasteiger partial charge in [-0.1, -0.05) is 26.8 Å². The molecule has 1 amide bonds. The molecule has 1 atom stereocenters. The number of amides is 1. The summed E-state index contributed by atoms with van der Waals surface area (Å²) < 4.78 is 0. The first-order valence-corrected chi connectivity index (χ1v) is 5.43. The van der Waals surface area contributed by atoms with Gasteiger partial charge in [0.1, 0.15) is 0 Å². The average Bonchev–Trinajstić information content (AvgIpc) is 2.12. The summed E-state index contributed by atoms with van der Waals surface area (Å²) in [6.07, 6.45) is 3.50. The second kappa shape index (κ2) is 6.62. The quantitative estimate of drug-likeness (QED) is 0.662. The standard InChI is InChI=1S/C12H23NO2/c1-5-6-7-11(15)13-10(8-9-14)12(2,3)4/h5,10,14H,1,6-9H2,2-4H3,(H,13,15). The summed E-state index contributed by atoms with van der Waals surface area (Å²) in [5.41, 5.74) is -0.0213. The van der Waals surface area contributed by atoms with Gasteiger partial charge in [-0.2, -0.15) is 0 Å². The summed E-state index contributed by atoms with van der Waals surface area (Å²) in [5.74, 6) is 0.0308. The summed E-state index contributed by atoms with van der Waals surface area (Å²) in [6.45, 7) is 9.85. The van der Waals surface area contributed by atoms with Crippen LogP contribution in [-0.2, 0) is 4.79 Å². The first kappa shape index (κ1) is 14.2. The van der Waals surface area contributed by atoms with Crippen LogP contribution in [0.15, 0.2) is 12.7 Å². The number of aliphatic hydroxyl groups excluding tert-OH is 1. The molecule has 2 N–H and O–H groups in total. The van der Waals surface area contributed by atoms with Crippen LogP contribution in [0.5, 0.6) is 0 Å². The van der Waals surface area contributed by atoms with E-state index in [2.05, 4.69) is 32.7 Å². The van der Waals surface area contributed by atoms with Crippen LogP contribution in [0.3, 0.4) is 0 Å². The maximum absolute atomic E-state index is 11.5. The Morgan fingerprint density at radius 2 is 2.13 bits per heavy atom. The third kappa shape index (κ3) is 6.28. The molecule has 0 aromatic rings. The van der Waals surface area contributed by atoms with Crippen molar-refractivity contribution in [3.05, 3.63) is 12.7 Å². The van der Waals surface area contributed by atoms with Gasteiger partial charge in [0.05, 0.1) is 0 Å². The fourth-order valence-corrected chi connectivity index (χ4v) is 1.35. The molecule has 88 valence electrons. The Morgan fingerprint density at radius 3 is 2.53 bits per heavy atom. The van der Waals surface area contributed by atoms with E-state index < -0.39 is 0 Å². The number of hydrogen-bond acceptors (Lipinski definition) is 2. The molecule has 3 nitrogen and oxygen atoms in total. The average molecular weight is 213 g/mol. The molecule has 3 heteroatoms. The fraction of sp³-hybridized carbons (Fsp3) is 0.750. The predicted octanol–water partition coefficient (Wildman–Crippen LogP) is 1.87. The Balaban J connectivity index is 4.16. The highest BCUT2D eigenvalue weighted by Crippen LogP contribution is 2.21. The van der Waals surface area contributed by atoms with Crippen molar-refractivity contribution in [2.24, 2.45) is 5.41 Å². The molecule has 0 heterocycles. The number of aliphatic hydroxyl groups is 1. The van der Waals surface area contributed by atoms with Crippen LogP contribution in [0.25, 0.3) is 0 Å². The number of hydrogen-bond donors (Lipinski definition) is 2. The van der Waals surface area contributed by atoms with Gasteiger partial charge in [-0.25, -0.2) is 0 Å². The van der Waals surface area contributed by atoms with E-state index in [-0.39, 0.29) is 24.0 Å². The van der Waals surface area contributed by atoms with Crippen LogP contribution in [0.1, 0.15) is 40.0 Å². The maximum atomic E-state index is 11.5. The molecule has 0 aliphatic rings. The van der Waals surface area contributed by atoms with Crippen LogP contribution in [-0.4, -0.2) is 23.7 Å². The molecule has 0 bridgehead atoms. The van der Waals surface area contributed by atoms with Crippen molar-refractivity contribution in [3.63, 3.8) is 0 Å². The number of rotatable bonds is 6. The van der Waals surface area contributed by atoms with Gasteiger partial charge in [-0.15, -0.1) is 6.58 Å². The van der Waals surface area contributed by atoms with E-state index in [0.29, 0.717) is 19.3 Å². The lowest BCUT2D eigenvalue weighted by atomic mass is 9.85. The van der Waals surface area contributed by atoms with E-state index in [1.807, 2.05) is 0 Å². The largest absolute Gasteiger partial charge is 0.396 e. The molecule has 0 radical (unpaired) electrons. The van der Waals surface area contributed by atoms with E-state index in [1.165, 1.54) is 0 Å². The minimum atomic E-state index is -0.0213. The lowest BCUT2D eigenvalue weighted by molar-refractivity contribution is -0.122. The summed E-state index contributed by atoms with van der Waals surface area (Å²) in [5, 5.41) is 11.9. The molecule has 0 aromatic heterocycles. The monoisotopic (exact) mass is 213 g/mol. The Kier molecular flexibility index (Phi) is 6.25. The molecule has 15 heavy (non-hydrogen) atoms. The number of nitrogens with one attached hydrogen (secondary N) is 1. The topological polar surface area (TPSA) is 49.3 Å². The van der Waals surface area contributed by atoms with Crippen molar-refractivity contribution in [1.82, 2.24) is 5.32 Å². The van der Waals surface area contributed by atoms with Crippen molar-refractivity contribution in [2.45, 2.75) is 46.1 Å². The molecule has 0 saturated heterocycles. The Hall–Kier alpha value is -0.830. The molecule has 0 fully saturated rings. The highest BCUT2D eigenvalue weighted by molar-refractivity contribution is 5.76. The van der Waals surface area contributed by atoms with Crippen molar-refractivity contribution in [3.8, 4) is 0 Å². The van der Waals surface area contributed by atoms with Crippen LogP contribution in [0.4, 0.5) is 0 Å². The van der Waals surface area contributed by atoms with E-state index in [0.717, 1.165) is 0 Å². The van der Waals surface area contributed by atoms with Gasteiger partial charge in [0.25, 0.3) is 0 Å². The second-order valence-corrected chi connectivity index (χ2v) is 4.83. The van der Waals surface area contributed by atoms with Gasteiger partial charge >= 0.3 is 0 Å². The van der Waals surface area contributed by atoms with Crippen LogP contribution in [0, 0.1) is 5.41 Å². The molecule has 0 saturated carbocycles. The number of carbonyl (C=O) groups excluding carboxylic acids is 1. The number of allylic oxidation sites excluding steroid dienone is 1. The van der Waals surface area contributed by atoms with Crippen LogP contribution in [0.2, 0.25) is 0 Å². The predicted molar refractivity (Wildman–Crippen MR) is 62.5 cm³/mol. The first-order chi connectivity index (χ1) is 6.91. The minimum absolute atomic E-state index is 0.0213. The van der Waals surface area contributed by atoms with Gasteiger partial charge < -0.3 is 10.4 Å². The minimum Gasteiger partial charge on any atom is -0.396 e. The smallest absolute Gasteiger partial charge is 0.220 e. The Labute approximate surface area is 92.6 Å². The van der Waals surface area contributed by atoms with Crippen molar-refractivity contribution >= 4 is 5.91 Å².